The number of hydrogen-bond acceptors (Lipinski definition) is 2. The Morgan fingerprint density at radius 1 is 1.06 bits per heavy atom. The van der Waals surface area contributed by atoms with Gasteiger partial charge in [0, 0.05) is 27.9 Å². The van der Waals surface area contributed by atoms with Gasteiger partial charge < -0.3 is 5.32 Å². The minimum absolute atomic E-state index is 0.0987. The van der Waals surface area contributed by atoms with Gasteiger partial charge in [0.05, 0.1) is 0 Å². The van der Waals surface area contributed by atoms with E-state index >= 15 is 0 Å². The van der Waals surface area contributed by atoms with E-state index in [1.54, 1.807) is 6.07 Å². The maximum absolute atomic E-state index is 13.6. The molecule has 1 nitrogen and oxygen atoms in total. The van der Waals surface area contributed by atoms with Crippen molar-refractivity contribution >= 4 is 11.3 Å². The number of nitrogens with one attached hydrogen (secondary N) is 1. The third-order valence-corrected chi connectivity index (χ3v) is 3.60. The quantitative estimate of drug-likeness (QED) is 0.830. The van der Waals surface area contributed by atoms with Crippen molar-refractivity contribution < 1.29 is 13.2 Å². The Kier molecular flexibility index (Phi) is 4.04. The van der Waals surface area contributed by atoms with E-state index in [1.807, 2.05) is 13.0 Å². The van der Waals surface area contributed by atoms with Crippen LogP contribution in [-0.4, -0.2) is 6.54 Å². The summed E-state index contributed by atoms with van der Waals surface area (Å²) in [5.41, 5.74) is 0.0987. The van der Waals surface area contributed by atoms with E-state index in [0.29, 0.717) is 17.5 Å². The van der Waals surface area contributed by atoms with Crippen molar-refractivity contribution in [2.24, 2.45) is 0 Å². The molecule has 1 N–H and O–H groups in total. The zero-order chi connectivity index (χ0) is 13.1. The van der Waals surface area contributed by atoms with Crippen LogP contribution in [0.5, 0.6) is 0 Å². The van der Waals surface area contributed by atoms with Crippen LogP contribution in [0.3, 0.4) is 0 Å². The maximum Gasteiger partial charge on any atom is 0.161 e. The monoisotopic (exact) mass is 271 g/mol. The van der Waals surface area contributed by atoms with E-state index in [4.69, 9.17) is 0 Å². The lowest BCUT2D eigenvalue weighted by Gasteiger charge is -2.01. The molecule has 2 aromatic rings. The van der Waals surface area contributed by atoms with Crippen molar-refractivity contribution in [3.63, 3.8) is 0 Å². The van der Waals surface area contributed by atoms with Crippen LogP contribution < -0.4 is 5.32 Å². The fourth-order valence-electron chi connectivity index (χ4n) is 1.58. The molecule has 0 atom stereocenters. The second-order valence-corrected chi connectivity index (χ2v) is 4.96. The zero-order valence-corrected chi connectivity index (χ0v) is 10.6. The normalized spacial score (nSPS) is 10.9. The Labute approximate surface area is 107 Å². The zero-order valence-electron chi connectivity index (χ0n) is 9.77. The molecular formula is C13H12F3NS. The summed E-state index contributed by atoms with van der Waals surface area (Å²) >= 11 is 1.36. The molecule has 0 aliphatic rings. The number of thiophene rings is 1. The molecule has 0 aliphatic carbocycles. The second kappa shape index (κ2) is 5.54. The third kappa shape index (κ3) is 2.73. The van der Waals surface area contributed by atoms with Crippen molar-refractivity contribution in [1.82, 2.24) is 5.32 Å². The van der Waals surface area contributed by atoms with Crippen molar-refractivity contribution in [3.8, 4) is 10.4 Å². The highest BCUT2D eigenvalue weighted by molar-refractivity contribution is 7.15. The van der Waals surface area contributed by atoms with E-state index in [2.05, 4.69) is 5.32 Å². The Morgan fingerprint density at radius 2 is 1.78 bits per heavy atom. The van der Waals surface area contributed by atoms with Crippen molar-refractivity contribution in [3.05, 3.63) is 46.6 Å². The molecule has 0 saturated heterocycles. The van der Waals surface area contributed by atoms with Crippen LogP contribution in [0.2, 0.25) is 0 Å². The molecule has 5 heteroatoms. The first-order valence-corrected chi connectivity index (χ1v) is 6.37. The molecule has 0 radical (unpaired) electrons. The number of halogens is 3. The van der Waals surface area contributed by atoms with E-state index in [-0.39, 0.29) is 5.56 Å². The van der Waals surface area contributed by atoms with Gasteiger partial charge in [-0.3, -0.25) is 0 Å². The Morgan fingerprint density at radius 3 is 2.50 bits per heavy atom. The summed E-state index contributed by atoms with van der Waals surface area (Å²) in [6.45, 7) is 3.52. The molecule has 0 bridgehead atoms. The molecule has 1 aromatic carbocycles. The standard InChI is InChI=1S/C13H12F3NS/c1-2-17-7-8-3-4-13(18-8)9-5-11(15)12(16)6-10(9)14/h3-6,17H,2,7H2,1H3. The van der Waals surface area contributed by atoms with Gasteiger partial charge in [-0.15, -0.1) is 11.3 Å². The van der Waals surface area contributed by atoms with Crippen LogP contribution in [-0.2, 0) is 6.54 Å². The van der Waals surface area contributed by atoms with Crippen LogP contribution in [0.15, 0.2) is 24.3 Å². The molecule has 0 amide bonds. The molecule has 18 heavy (non-hydrogen) atoms. The lowest BCUT2D eigenvalue weighted by molar-refractivity contribution is 0.496. The SMILES string of the molecule is CCNCc1ccc(-c2cc(F)c(F)cc2F)s1. The highest BCUT2D eigenvalue weighted by atomic mass is 32.1. The van der Waals surface area contributed by atoms with Gasteiger partial charge in [-0.25, -0.2) is 13.2 Å². The summed E-state index contributed by atoms with van der Waals surface area (Å²) < 4.78 is 39.5. The summed E-state index contributed by atoms with van der Waals surface area (Å²) in [5, 5.41) is 3.15. The maximum atomic E-state index is 13.6. The largest absolute Gasteiger partial charge is 0.312 e. The predicted octanol–water partition coefficient (Wildman–Crippen LogP) is 3.94. The van der Waals surface area contributed by atoms with E-state index in [9.17, 15) is 13.2 Å². The minimum Gasteiger partial charge on any atom is -0.312 e. The molecule has 2 rings (SSSR count). The van der Waals surface area contributed by atoms with Crippen LogP contribution in [0.4, 0.5) is 13.2 Å². The number of rotatable bonds is 4. The van der Waals surface area contributed by atoms with Gasteiger partial charge in [-0.2, -0.15) is 0 Å². The Hall–Kier alpha value is -1.33. The smallest absolute Gasteiger partial charge is 0.161 e. The summed E-state index contributed by atoms with van der Waals surface area (Å²) in [5.74, 6) is -2.94. The number of hydrogen-bond donors (Lipinski definition) is 1. The molecule has 1 heterocycles. The lowest BCUT2D eigenvalue weighted by Crippen LogP contribution is -2.10. The molecule has 96 valence electrons. The van der Waals surface area contributed by atoms with Gasteiger partial charge in [0.2, 0.25) is 0 Å². The first-order valence-electron chi connectivity index (χ1n) is 5.56. The van der Waals surface area contributed by atoms with Crippen LogP contribution >= 0.6 is 11.3 Å². The Bertz CT molecular complexity index is 551. The van der Waals surface area contributed by atoms with E-state index in [0.717, 1.165) is 17.5 Å². The van der Waals surface area contributed by atoms with Crippen LogP contribution in [0.25, 0.3) is 10.4 Å². The van der Waals surface area contributed by atoms with Gasteiger partial charge in [-0.05, 0) is 24.7 Å². The van der Waals surface area contributed by atoms with Crippen molar-refractivity contribution in [1.29, 1.82) is 0 Å². The van der Waals surface area contributed by atoms with Crippen molar-refractivity contribution in [2.45, 2.75) is 13.5 Å². The fourth-order valence-corrected chi connectivity index (χ4v) is 2.57. The summed E-state index contributed by atoms with van der Waals surface area (Å²) in [6.07, 6.45) is 0. The van der Waals surface area contributed by atoms with Gasteiger partial charge in [0.25, 0.3) is 0 Å². The van der Waals surface area contributed by atoms with E-state index < -0.39 is 17.5 Å². The number of benzene rings is 1. The molecule has 0 fully saturated rings. The first kappa shape index (κ1) is 13.1. The third-order valence-electron chi connectivity index (χ3n) is 2.49. The van der Waals surface area contributed by atoms with Crippen LogP contribution in [0.1, 0.15) is 11.8 Å². The highest BCUT2D eigenvalue weighted by Crippen LogP contribution is 2.31. The molecular weight excluding hydrogens is 259 g/mol. The van der Waals surface area contributed by atoms with Gasteiger partial charge in [-0.1, -0.05) is 6.92 Å². The summed E-state index contributed by atoms with van der Waals surface area (Å²) in [6, 6.07) is 5.04. The highest BCUT2D eigenvalue weighted by Gasteiger charge is 2.13. The molecule has 0 saturated carbocycles. The topological polar surface area (TPSA) is 12.0 Å². The van der Waals surface area contributed by atoms with Gasteiger partial charge in [0.1, 0.15) is 5.82 Å². The molecule has 0 aliphatic heterocycles. The Balaban J connectivity index is 2.31. The lowest BCUT2D eigenvalue weighted by atomic mass is 10.1. The van der Waals surface area contributed by atoms with Gasteiger partial charge in [0.15, 0.2) is 11.6 Å². The van der Waals surface area contributed by atoms with Gasteiger partial charge >= 0.3 is 0 Å². The minimum atomic E-state index is -1.17. The molecule has 0 unspecified atom stereocenters. The summed E-state index contributed by atoms with van der Waals surface area (Å²) in [7, 11) is 0. The fraction of sp³-hybridized carbons (Fsp3) is 0.231. The second-order valence-electron chi connectivity index (χ2n) is 3.79. The van der Waals surface area contributed by atoms with E-state index in [1.165, 1.54) is 11.3 Å². The molecule has 1 aromatic heterocycles. The molecule has 0 spiro atoms. The first-order chi connectivity index (χ1) is 8.61. The van der Waals surface area contributed by atoms with Crippen molar-refractivity contribution in [2.75, 3.05) is 6.54 Å². The van der Waals surface area contributed by atoms with Crippen LogP contribution in [0, 0.1) is 17.5 Å². The predicted molar refractivity (Wildman–Crippen MR) is 67.0 cm³/mol. The average molecular weight is 271 g/mol. The average Bonchev–Trinajstić information content (AvgIpc) is 2.79. The summed E-state index contributed by atoms with van der Waals surface area (Å²) in [4.78, 5) is 1.62.